The van der Waals surface area contributed by atoms with Gasteiger partial charge in [-0.2, -0.15) is 0 Å². The van der Waals surface area contributed by atoms with E-state index in [1.165, 1.54) is 56.9 Å². The van der Waals surface area contributed by atoms with Crippen molar-refractivity contribution >= 4 is 14.4 Å². The molecule has 0 aromatic heterocycles. The van der Waals surface area contributed by atoms with Crippen LogP contribution in [0.3, 0.4) is 0 Å². The van der Waals surface area contributed by atoms with Gasteiger partial charge in [-0.05, 0) is 24.8 Å². The number of aldehydes is 1. The molecule has 0 aliphatic carbocycles. The number of unbranched alkanes of at least 4 members (excludes halogenated alkanes) is 8. The van der Waals surface area contributed by atoms with Crippen LogP contribution in [0.2, 0.25) is 19.6 Å². The van der Waals surface area contributed by atoms with E-state index in [9.17, 15) is 4.79 Å². The summed E-state index contributed by atoms with van der Waals surface area (Å²) in [7, 11) is -1.16. The van der Waals surface area contributed by atoms with Gasteiger partial charge in [0.05, 0.1) is 0 Å². The van der Waals surface area contributed by atoms with Gasteiger partial charge in [0.1, 0.15) is 14.4 Å². The highest BCUT2D eigenvalue weighted by atomic mass is 28.3. The van der Waals surface area contributed by atoms with Crippen molar-refractivity contribution in [2.45, 2.75) is 83.8 Å². The summed E-state index contributed by atoms with van der Waals surface area (Å²) in [5, 5.41) is 0. The number of hydrogen-bond acceptors (Lipinski definition) is 1. The Labute approximate surface area is 150 Å². The molecule has 0 aliphatic rings. The fraction of sp³-hybridized carbons (Fsp3) is 0.591. The maximum absolute atomic E-state index is 11.0. The zero-order chi connectivity index (χ0) is 17.7. The van der Waals surface area contributed by atoms with Crippen molar-refractivity contribution in [3.05, 3.63) is 35.4 Å². The Morgan fingerprint density at radius 1 is 0.875 bits per heavy atom. The molecule has 0 radical (unpaired) electrons. The molecule has 0 spiro atoms. The van der Waals surface area contributed by atoms with E-state index in [1.54, 1.807) is 0 Å². The third-order valence-electron chi connectivity index (χ3n) is 4.14. The zero-order valence-electron chi connectivity index (χ0n) is 15.9. The van der Waals surface area contributed by atoms with Crippen molar-refractivity contribution in [2.75, 3.05) is 0 Å². The second-order valence-electron chi connectivity index (χ2n) is 7.70. The van der Waals surface area contributed by atoms with Gasteiger partial charge in [-0.1, -0.05) is 82.4 Å². The Morgan fingerprint density at radius 3 is 2.08 bits per heavy atom. The third kappa shape index (κ3) is 10.4. The lowest BCUT2D eigenvalue weighted by atomic mass is 10.0. The molecule has 0 saturated heterocycles. The molecular weight excluding hydrogens is 308 g/mol. The molecular formula is C22H34OSi. The van der Waals surface area contributed by atoms with Crippen LogP contribution in [0.15, 0.2) is 24.3 Å². The number of aryl methyl sites for hydroxylation is 1. The van der Waals surface area contributed by atoms with Crippen LogP contribution >= 0.6 is 0 Å². The van der Waals surface area contributed by atoms with Crippen LogP contribution in [-0.2, 0) is 6.42 Å². The quantitative estimate of drug-likeness (QED) is 0.196. The average Bonchev–Trinajstić information content (AvgIpc) is 2.55. The van der Waals surface area contributed by atoms with Crippen molar-refractivity contribution in [3.8, 4) is 11.5 Å². The van der Waals surface area contributed by atoms with E-state index < -0.39 is 8.07 Å². The van der Waals surface area contributed by atoms with Gasteiger partial charge in [0, 0.05) is 12.0 Å². The molecule has 2 heteroatoms. The minimum absolute atomic E-state index is 0.856. The van der Waals surface area contributed by atoms with Gasteiger partial charge >= 0.3 is 0 Å². The van der Waals surface area contributed by atoms with Crippen LogP contribution in [0.25, 0.3) is 0 Å². The lowest BCUT2D eigenvalue weighted by Crippen LogP contribution is -2.16. The van der Waals surface area contributed by atoms with Crippen molar-refractivity contribution in [1.29, 1.82) is 0 Å². The molecule has 1 aromatic rings. The van der Waals surface area contributed by atoms with Crippen LogP contribution < -0.4 is 0 Å². The van der Waals surface area contributed by atoms with Crippen LogP contribution in [-0.4, -0.2) is 14.4 Å². The predicted molar refractivity (Wildman–Crippen MR) is 108 cm³/mol. The zero-order valence-corrected chi connectivity index (χ0v) is 16.9. The number of benzene rings is 1. The first-order chi connectivity index (χ1) is 11.5. The van der Waals surface area contributed by atoms with Crippen LogP contribution in [0.5, 0.6) is 0 Å². The van der Waals surface area contributed by atoms with E-state index in [0.29, 0.717) is 0 Å². The SMILES string of the molecule is C[Si](C)(C)C#CCCCCCCCCCCc1ccccc1C=O. The van der Waals surface area contributed by atoms with Gasteiger partial charge in [-0.25, -0.2) is 0 Å². The van der Waals surface area contributed by atoms with E-state index in [1.807, 2.05) is 18.2 Å². The fourth-order valence-electron chi connectivity index (χ4n) is 2.79. The summed E-state index contributed by atoms with van der Waals surface area (Å²) < 4.78 is 0. The van der Waals surface area contributed by atoms with E-state index in [0.717, 1.165) is 24.7 Å². The monoisotopic (exact) mass is 342 g/mol. The Hall–Kier alpha value is -1.33. The first-order valence-corrected chi connectivity index (χ1v) is 13.1. The molecule has 0 N–H and O–H groups in total. The minimum Gasteiger partial charge on any atom is -0.298 e. The largest absolute Gasteiger partial charge is 0.298 e. The molecule has 1 aromatic carbocycles. The molecule has 0 atom stereocenters. The van der Waals surface area contributed by atoms with Crippen molar-refractivity contribution in [2.24, 2.45) is 0 Å². The first-order valence-electron chi connectivity index (χ1n) is 9.56. The summed E-state index contributed by atoms with van der Waals surface area (Å²) in [6.45, 7) is 6.91. The number of hydrogen-bond donors (Lipinski definition) is 0. The number of carbonyl (C=O) groups excluding carboxylic acids is 1. The molecule has 0 fully saturated rings. The normalized spacial score (nSPS) is 11.0. The Balaban J connectivity index is 1.95. The molecule has 0 aliphatic heterocycles. The van der Waals surface area contributed by atoms with Crippen molar-refractivity contribution in [3.63, 3.8) is 0 Å². The lowest BCUT2D eigenvalue weighted by molar-refractivity contribution is 0.112. The maximum atomic E-state index is 11.0. The van der Waals surface area contributed by atoms with E-state index >= 15 is 0 Å². The molecule has 0 saturated carbocycles. The van der Waals surface area contributed by atoms with Gasteiger partial charge in [-0.3, -0.25) is 4.79 Å². The minimum atomic E-state index is -1.16. The Bertz CT molecular complexity index is 531. The maximum Gasteiger partial charge on any atom is 0.150 e. The van der Waals surface area contributed by atoms with Crippen LogP contribution in [0, 0.1) is 11.5 Å². The molecule has 132 valence electrons. The Morgan fingerprint density at radius 2 is 1.46 bits per heavy atom. The molecule has 0 bridgehead atoms. The van der Waals surface area contributed by atoms with Crippen molar-refractivity contribution in [1.82, 2.24) is 0 Å². The van der Waals surface area contributed by atoms with E-state index in [-0.39, 0.29) is 0 Å². The average molecular weight is 343 g/mol. The fourth-order valence-corrected chi connectivity index (χ4v) is 3.45. The standard InChI is InChI=1S/C22H34OSi/c1-24(2,3)19-15-11-9-7-5-4-6-8-10-12-16-21-17-13-14-18-22(21)20-23/h13-14,17-18,20H,4-12,16H2,1-3H3. The highest BCUT2D eigenvalue weighted by Gasteiger charge is 2.06. The summed E-state index contributed by atoms with van der Waals surface area (Å²) in [4.78, 5) is 11.0. The summed E-state index contributed by atoms with van der Waals surface area (Å²) >= 11 is 0. The molecule has 1 nitrogen and oxygen atoms in total. The Kier molecular flexibility index (Phi) is 10.4. The first kappa shape index (κ1) is 20.7. The summed E-state index contributed by atoms with van der Waals surface area (Å²) in [6.07, 6.45) is 13.5. The van der Waals surface area contributed by atoms with Gasteiger partial charge in [0.25, 0.3) is 0 Å². The van der Waals surface area contributed by atoms with Gasteiger partial charge in [0.2, 0.25) is 0 Å². The second kappa shape index (κ2) is 12.1. The number of carbonyl (C=O) groups is 1. The second-order valence-corrected chi connectivity index (χ2v) is 12.4. The highest BCUT2D eigenvalue weighted by Crippen LogP contribution is 2.14. The van der Waals surface area contributed by atoms with Crippen LogP contribution in [0.1, 0.15) is 73.7 Å². The lowest BCUT2D eigenvalue weighted by Gasteiger charge is -2.05. The molecule has 1 rings (SSSR count). The summed E-state index contributed by atoms with van der Waals surface area (Å²) in [6, 6.07) is 7.95. The van der Waals surface area contributed by atoms with Gasteiger partial charge < -0.3 is 0 Å². The van der Waals surface area contributed by atoms with Gasteiger partial charge in [-0.15, -0.1) is 11.5 Å². The predicted octanol–water partition coefficient (Wildman–Crippen LogP) is 6.43. The third-order valence-corrected chi connectivity index (χ3v) is 5.07. The molecule has 0 amide bonds. The smallest absolute Gasteiger partial charge is 0.150 e. The van der Waals surface area contributed by atoms with E-state index in [4.69, 9.17) is 0 Å². The number of rotatable bonds is 11. The van der Waals surface area contributed by atoms with Crippen LogP contribution in [0.4, 0.5) is 0 Å². The topological polar surface area (TPSA) is 17.1 Å². The summed E-state index contributed by atoms with van der Waals surface area (Å²) in [5.41, 5.74) is 5.49. The summed E-state index contributed by atoms with van der Waals surface area (Å²) in [5.74, 6) is 3.36. The molecule has 24 heavy (non-hydrogen) atoms. The molecule has 0 heterocycles. The van der Waals surface area contributed by atoms with E-state index in [2.05, 4.69) is 37.2 Å². The van der Waals surface area contributed by atoms with Gasteiger partial charge in [0.15, 0.2) is 0 Å². The van der Waals surface area contributed by atoms with Crippen molar-refractivity contribution < 1.29 is 4.79 Å². The molecule has 0 unspecified atom stereocenters. The highest BCUT2D eigenvalue weighted by molar-refractivity contribution is 6.83.